The van der Waals surface area contributed by atoms with Crippen molar-refractivity contribution >= 4 is 23.6 Å². The molecule has 2 aromatic carbocycles. The summed E-state index contributed by atoms with van der Waals surface area (Å²) in [5, 5.41) is 2.47. The molecule has 0 aliphatic carbocycles. The first-order valence-electron chi connectivity index (χ1n) is 7.80. The first kappa shape index (κ1) is 19.9. The Hall–Kier alpha value is -3.42. The zero-order valence-corrected chi connectivity index (χ0v) is 14.4. The molecule has 0 saturated carbocycles. The molecule has 0 saturated heterocycles. The molecule has 8 heteroatoms. The number of ether oxygens (including phenoxy) is 3. The Kier molecular flexibility index (Phi) is 7.30. The number of methoxy groups -OCH3 is 1. The Balaban J connectivity index is 1.79. The molecule has 0 bridgehead atoms. The number of halogens is 2. The van der Waals surface area contributed by atoms with Gasteiger partial charge in [0.1, 0.15) is 11.5 Å². The fourth-order valence-corrected chi connectivity index (χ4v) is 2.01. The molecule has 142 valence electrons. The van der Waals surface area contributed by atoms with Gasteiger partial charge in [0, 0.05) is 11.8 Å². The van der Waals surface area contributed by atoms with Crippen LogP contribution in [0.15, 0.2) is 54.6 Å². The zero-order chi connectivity index (χ0) is 19.6. The summed E-state index contributed by atoms with van der Waals surface area (Å²) in [5.41, 5.74) is 1.09. The molecule has 0 atom stereocenters. The number of hydrogen-bond donors (Lipinski definition) is 1. The third-order valence-corrected chi connectivity index (χ3v) is 3.21. The third-order valence-electron chi connectivity index (χ3n) is 3.21. The Labute approximate surface area is 154 Å². The van der Waals surface area contributed by atoms with Crippen molar-refractivity contribution in [1.82, 2.24) is 0 Å². The topological polar surface area (TPSA) is 73.9 Å². The van der Waals surface area contributed by atoms with Crippen molar-refractivity contribution in [2.24, 2.45) is 0 Å². The predicted octanol–water partition coefficient (Wildman–Crippen LogP) is 3.49. The summed E-state index contributed by atoms with van der Waals surface area (Å²) in [6, 6.07) is 12.4. The fraction of sp³-hybridized carbons (Fsp3) is 0.158. The van der Waals surface area contributed by atoms with Crippen LogP contribution < -0.4 is 14.8 Å². The number of benzene rings is 2. The predicted molar refractivity (Wildman–Crippen MR) is 94.7 cm³/mol. The van der Waals surface area contributed by atoms with Crippen molar-refractivity contribution in [1.29, 1.82) is 0 Å². The van der Waals surface area contributed by atoms with Crippen molar-refractivity contribution in [2.75, 3.05) is 19.0 Å². The number of carbonyl (C=O) groups excluding carboxylic acids is 2. The number of nitrogens with one attached hydrogen (secondary N) is 1. The molecule has 0 unspecified atom stereocenters. The molecule has 0 radical (unpaired) electrons. The van der Waals surface area contributed by atoms with E-state index in [0.717, 1.165) is 5.56 Å². The fourth-order valence-electron chi connectivity index (χ4n) is 2.01. The van der Waals surface area contributed by atoms with Crippen LogP contribution in [0.1, 0.15) is 5.56 Å². The number of carbonyl (C=O) groups is 2. The van der Waals surface area contributed by atoms with Crippen LogP contribution in [0.5, 0.6) is 11.5 Å². The maximum atomic E-state index is 12.1. The van der Waals surface area contributed by atoms with Crippen molar-refractivity contribution < 1.29 is 32.6 Å². The summed E-state index contributed by atoms with van der Waals surface area (Å²) < 4.78 is 38.2. The van der Waals surface area contributed by atoms with Gasteiger partial charge in [0.2, 0.25) is 0 Å². The van der Waals surface area contributed by atoms with Crippen molar-refractivity contribution in [3.05, 3.63) is 60.2 Å². The molecule has 0 fully saturated rings. The molecule has 0 aliphatic rings. The number of esters is 1. The van der Waals surface area contributed by atoms with E-state index in [9.17, 15) is 18.4 Å². The van der Waals surface area contributed by atoms with Crippen LogP contribution in [-0.4, -0.2) is 32.2 Å². The number of amides is 1. The molecule has 0 aliphatic heterocycles. The normalized spacial score (nSPS) is 10.7. The van der Waals surface area contributed by atoms with E-state index in [2.05, 4.69) is 10.1 Å². The van der Waals surface area contributed by atoms with Gasteiger partial charge in [-0.25, -0.2) is 4.79 Å². The van der Waals surface area contributed by atoms with Crippen LogP contribution in [0.3, 0.4) is 0 Å². The zero-order valence-electron chi connectivity index (χ0n) is 14.4. The van der Waals surface area contributed by atoms with Gasteiger partial charge in [-0.05, 0) is 48.0 Å². The van der Waals surface area contributed by atoms with Gasteiger partial charge in [-0.3, -0.25) is 4.79 Å². The largest absolute Gasteiger partial charge is 0.497 e. The number of anilines is 1. The molecule has 2 rings (SSSR count). The Morgan fingerprint density at radius 3 is 2.52 bits per heavy atom. The van der Waals surface area contributed by atoms with Crippen LogP contribution in [0, 0.1) is 0 Å². The van der Waals surface area contributed by atoms with Gasteiger partial charge in [-0.1, -0.05) is 12.1 Å². The highest BCUT2D eigenvalue weighted by Crippen LogP contribution is 2.17. The van der Waals surface area contributed by atoms with Gasteiger partial charge in [0.15, 0.2) is 6.61 Å². The van der Waals surface area contributed by atoms with Crippen molar-refractivity contribution in [2.45, 2.75) is 6.61 Å². The van der Waals surface area contributed by atoms with Gasteiger partial charge in [0.25, 0.3) is 5.91 Å². The van der Waals surface area contributed by atoms with Crippen LogP contribution in [-0.2, 0) is 14.3 Å². The van der Waals surface area contributed by atoms with Crippen LogP contribution in [0.25, 0.3) is 6.08 Å². The van der Waals surface area contributed by atoms with E-state index in [0.29, 0.717) is 11.4 Å². The molecule has 0 spiro atoms. The second-order valence-corrected chi connectivity index (χ2v) is 5.17. The lowest BCUT2D eigenvalue weighted by Gasteiger charge is -2.07. The molecule has 1 N–H and O–H groups in total. The van der Waals surface area contributed by atoms with Crippen LogP contribution in [0.2, 0.25) is 0 Å². The average Bonchev–Trinajstić information content (AvgIpc) is 2.66. The highest BCUT2D eigenvalue weighted by atomic mass is 19.3. The van der Waals surface area contributed by atoms with Crippen LogP contribution in [0.4, 0.5) is 14.5 Å². The highest BCUT2D eigenvalue weighted by Gasteiger charge is 2.07. The van der Waals surface area contributed by atoms with Crippen molar-refractivity contribution in [3.63, 3.8) is 0 Å². The summed E-state index contributed by atoms with van der Waals surface area (Å²) in [7, 11) is 1.54. The number of hydrogen-bond acceptors (Lipinski definition) is 5. The minimum atomic E-state index is -2.92. The first-order chi connectivity index (χ1) is 13.0. The molecular formula is C19H17F2NO5. The van der Waals surface area contributed by atoms with E-state index in [-0.39, 0.29) is 5.75 Å². The van der Waals surface area contributed by atoms with E-state index in [1.54, 1.807) is 24.3 Å². The quantitative estimate of drug-likeness (QED) is 0.563. The summed E-state index contributed by atoms with van der Waals surface area (Å²) in [4.78, 5) is 23.4. The molecule has 0 heterocycles. The Bertz CT molecular complexity index is 806. The van der Waals surface area contributed by atoms with Gasteiger partial charge in [-0.15, -0.1) is 0 Å². The van der Waals surface area contributed by atoms with E-state index in [1.807, 2.05) is 0 Å². The molecule has 27 heavy (non-hydrogen) atoms. The number of rotatable bonds is 8. The van der Waals surface area contributed by atoms with Gasteiger partial charge in [-0.2, -0.15) is 8.78 Å². The van der Waals surface area contributed by atoms with Crippen LogP contribution >= 0.6 is 0 Å². The average molecular weight is 377 g/mol. The lowest BCUT2D eigenvalue weighted by Crippen LogP contribution is -2.20. The van der Waals surface area contributed by atoms with Gasteiger partial charge >= 0.3 is 12.6 Å². The Morgan fingerprint density at radius 2 is 1.85 bits per heavy atom. The molecule has 2 aromatic rings. The maximum absolute atomic E-state index is 12.1. The van der Waals surface area contributed by atoms with E-state index >= 15 is 0 Å². The lowest BCUT2D eigenvalue weighted by molar-refractivity contribution is -0.142. The summed E-state index contributed by atoms with van der Waals surface area (Å²) in [5.74, 6) is -0.638. The SMILES string of the molecule is COc1cccc(/C=C/C(=O)OCC(=O)Nc2ccc(OC(F)F)cc2)c1. The van der Waals surface area contributed by atoms with E-state index in [4.69, 9.17) is 9.47 Å². The monoisotopic (exact) mass is 377 g/mol. The van der Waals surface area contributed by atoms with Crippen molar-refractivity contribution in [3.8, 4) is 11.5 Å². The number of alkyl halides is 2. The molecular weight excluding hydrogens is 360 g/mol. The molecule has 6 nitrogen and oxygen atoms in total. The summed E-state index contributed by atoms with van der Waals surface area (Å²) >= 11 is 0. The second kappa shape index (κ2) is 9.91. The smallest absolute Gasteiger partial charge is 0.387 e. The minimum Gasteiger partial charge on any atom is -0.497 e. The molecule has 0 aromatic heterocycles. The second-order valence-electron chi connectivity index (χ2n) is 5.17. The lowest BCUT2D eigenvalue weighted by atomic mass is 10.2. The highest BCUT2D eigenvalue weighted by molar-refractivity contribution is 5.94. The van der Waals surface area contributed by atoms with E-state index < -0.39 is 25.1 Å². The summed E-state index contributed by atoms with van der Waals surface area (Å²) in [6.45, 7) is -3.41. The first-order valence-corrected chi connectivity index (χ1v) is 7.80. The third kappa shape index (κ3) is 7.15. The minimum absolute atomic E-state index is 0.0305. The van der Waals surface area contributed by atoms with E-state index in [1.165, 1.54) is 43.5 Å². The molecule has 1 amide bonds. The van der Waals surface area contributed by atoms with Gasteiger partial charge in [0.05, 0.1) is 7.11 Å². The Morgan fingerprint density at radius 1 is 1.11 bits per heavy atom. The standard InChI is InChI=1S/C19H17F2NO5/c1-25-16-4-2-3-13(11-16)5-10-18(24)26-12-17(23)22-14-6-8-15(9-7-14)27-19(20)21/h2-11,19H,12H2,1H3,(H,22,23)/b10-5+. The van der Waals surface area contributed by atoms with Gasteiger partial charge < -0.3 is 19.5 Å². The summed E-state index contributed by atoms with van der Waals surface area (Å²) in [6.07, 6.45) is 2.73. The maximum Gasteiger partial charge on any atom is 0.387 e.